The highest BCUT2D eigenvalue weighted by atomic mass is 16.5. The number of aryl methyl sites for hydroxylation is 1. The second-order valence-corrected chi connectivity index (χ2v) is 8.16. The molecule has 1 amide bonds. The highest BCUT2D eigenvalue weighted by Crippen LogP contribution is 2.23. The van der Waals surface area contributed by atoms with Crippen LogP contribution >= 0.6 is 0 Å². The quantitative estimate of drug-likeness (QED) is 0.696. The van der Waals surface area contributed by atoms with Gasteiger partial charge in [-0.05, 0) is 58.1 Å². The molecule has 9 heteroatoms. The number of likely N-dealkylation sites (tertiary alicyclic amines) is 1. The molecule has 1 aliphatic rings. The molecule has 2 heterocycles. The maximum Gasteiger partial charge on any atom is 0.328 e. The Morgan fingerprint density at radius 1 is 1.19 bits per heavy atom. The molecule has 168 valence electrons. The van der Waals surface area contributed by atoms with E-state index in [1.54, 1.807) is 36.1 Å². The number of aliphatic hydroxyl groups excluding tert-OH is 1. The average Bonchev–Trinajstić information content (AvgIpc) is 2.92. The summed E-state index contributed by atoms with van der Waals surface area (Å²) in [5.74, 6) is 0.579. The fourth-order valence-corrected chi connectivity index (χ4v) is 3.66. The predicted molar refractivity (Wildman–Crippen MR) is 117 cm³/mol. The zero-order valence-electron chi connectivity index (χ0n) is 18.2. The summed E-state index contributed by atoms with van der Waals surface area (Å²) >= 11 is 0. The fourth-order valence-electron chi connectivity index (χ4n) is 3.66. The summed E-state index contributed by atoms with van der Waals surface area (Å²) in [7, 11) is 3.95. The Hall–Kier alpha value is -2.91. The van der Waals surface area contributed by atoms with Crippen molar-refractivity contribution >= 4 is 5.91 Å². The van der Waals surface area contributed by atoms with E-state index in [4.69, 9.17) is 4.74 Å². The number of nitrogens with one attached hydrogen (secondary N) is 1. The number of H-pyrrole nitrogens is 1. The Morgan fingerprint density at radius 3 is 2.55 bits per heavy atom. The van der Waals surface area contributed by atoms with Crippen LogP contribution < -0.4 is 16.0 Å². The number of amides is 1. The second kappa shape index (κ2) is 9.93. The van der Waals surface area contributed by atoms with Gasteiger partial charge < -0.3 is 19.6 Å². The summed E-state index contributed by atoms with van der Waals surface area (Å²) in [5.41, 5.74) is -0.0404. The van der Waals surface area contributed by atoms with Gasteiger partial charge in [0.1, 0.15) is 12.4 Å². The minimum Gasteiger partial charge on any atom is -0.492 e. The van der Waals surface area contributed by atoms with Crippen molar-refractivity contribution in [2.24, 2.45) is 0 Å². The summed E-state index contributed by atoms with van der Waals surface area (Å²) in [6.07, 6.45) is 1.42. The van der Waals surface area contributed by atoms with Crippen molar-refractivity contribution in [3.05, 3.63) is 62.4 Å². The third-order valence-electron chi connectivity index (χ3n) is 5.53. The van der Waals surface area contributed by atoms with Gasteiger partial charge in [-0.2, -0.15) is 0 Å². The highest BCUT2D eigenvalue weighted by molar-refractivity contribution is 5.94. The van der Waals surface area contributed by atoms with Crippen LogP contribution in [0.5, 0.6) is 5.75 Å². The van der Waals surface area contributed by atoms with Crippen molar-refractivity contribution in [2.75, 3.05) is 40.3 Å². The molecule has 0 radical (unpaired) electrons. The molecule has 0 unspecified atom stereocenters. The van der Waals surface area contributed by atoms with Crippen LogP contribution in [-0.4, -0.2) is 76.8 Å². The van der Waals surface area contributed by atoms with E-state index >= 15 is 0 Å². The summed E-state index contributed by atoms with van der Waals surface area (Å²) in [6.45, 7) is 3.76. The van der Waals surface area contributed by atoms with E-state index < -0.39 is 23.4 Å². The van der Waals surface area contributed by atoms with Gasteiger partial charge in [-0.3, -0.25) is 19.1 Å². The molecule has 0 aliphatic carbocycles. The third kappa shape index (κ3) is 5.62. The van der Waals surface area contributed by atoms with Crippen molar-refractivity contribution < 1.29 is 14.6 Å². The predicted octanol–water partition coefficient (Wildman–Crippen LogP) is 0.624. The maximum absolute atomic E-state index is 13.0. The highest BCUT2D eigenvalue weighted by Gasteiger charge is 2.29. The molecule has 2 aromatic rings. The molecule has 2 N–H and O–H groups in total. The average molecular weight is 431 g/mol. The molecule has 1 aliphatic heterocycles. The molecule has 0 saturated carbocycles. The SMILES string of the molecule is Cc1cn([C@H]2CCN(C(=O)c3ccc(OCCN(C)C)cc3)CC[C@@H]2O)c(=O)[nH]c1=O. The Balaban J connectivity index is 1.67. The van der Waals surface area contributed by atoms with E-state index in [0.29, 0.717) is 49.4 Å². The zero-order valence-corrected chi connectivity index (χ0v) is 18.2. The first-order valence-electron chi connectivity index (χ1n) is 10.4. The van der Waals surface area contributed by atoms with Gasteiger partial charge in [0.05, 0.1) is 12.1 Å². The first-order chi connectivity index (χ1) is 14.8. The number of nitrogens with zero attached hydrogens (tertiary/aromatic N) is 3. The monoisotopic (exact) mass is 430 g/mol. The number of aromatic nitrogens is 2. The molecule has 0 bridgehead atoms. The summed E-state index contributed by atoms with van der Waals surface area (Å²) in [5, 5.41) is 10.6. The van der Waals surface area contributed by atoms with Gasteiger partial charge in [-0.25, -0.2) is 4.79 Å². The largest absolute Gasteiger partial charge is 0.492 e. The van der Waals surface area contributed by atoms with Gasteiger partial charge in [0.15, 0.2) is 0 Å². The standard InChI is InChI=1S/C22H30N4O5/c1-15-14-26(22(30)23-20(15)28)18-8-10-25(11-9-19(18)27)21(29)16-4-6-17(7-5-16)31-13-12-24(2)3/h4-7,14,18-19,27H,8-13H2,1-3H3,(H,23,28,30)/t18-,19-/m0/s1. The second-order valence-electron chi connectivity index (χ2n) is 8.16. The van der Waals surface area contributed by atoms with Crippen LogP contribution in [0.3, 0.4) is 0 Å². The van der Waals surface area contributed by atoms with Crippen LogP contribution in [0, 0.1) is 6.92 Å². The van der Waals surface area contributed by atoms with Gasteiger partial charge in [-0.15, -0.1) is 0 Å². The number of benzene rings is 1. The Morgan fingerprint density at radius 2 is 1.87 bits per heavy atom. The Kier molecular flexibility index (Phi) is 7.29. The van der Waals surface area contributed by atoms with Crippen molar-refractivity contribution in [1.82, 2.24) is 19.4 Å². The van der Waals surface area contributed by atoms with Crippen LogP contribution in [-0.2, 0) is 0 Å². The van der Waals surface area contributed by atoms with Gasteiger partial charge in [0, 0.05) is 37.0 Å². The number of aliphatic hydroxyl groups is 1. The molecule has 1 saturated heterocycles. The number of aromatic amines is 1. The van der Waals surface area contributed by atoms with E-state index in [9.17, 15) is 19.5 Å². The van der Waals surface area contributed by atoms with E-state index in [0.717, 1.165) is 6.54 Å². The van der Waals surface area contributed by atoms with Crippen LogP contribution in [0.1, 0.15) is 34.8 Å². The molecule has 31 heavy (non-hydrogen) atoms. The lowest BCUT2D eigenvalue weighted by atomic mass is 10.1. The van der Waals surface area contributed by atoms with Gasteiger partial charge in [0.25, 0.3) is 11.5 Å². The Bertz CT molecular complexity index is 1010. The van der Waals surface area contributed by atoms with Crippen LogP contribution in [0.4, 0.5) is 0 Å². The topological polar surface area (TPSA) is 108 Å². The number of ether oxygens (including phenoxy) is 1. The van der Waals surface area contributed by atoms with Crippen LogP contribution in [0.2, 0.25) is 0 Å². The van der Waals surface area contributed by atoms with Crippen LogP contribution in [0.15, 0.2) is 40.1 Å². The maximum atomic E-state index is 13.0. The Labute approximate surface area is 180 Å². The molecule has 1 aromatic carbocycles. The number of carbonyl (C=O) groups is 1. The smallest absolute Gasteiger partial charge is 0.328 e. The molecule has 2 atom stereocenters. The molecule has 1 aromatic heterocycles. The van der Waals surface area contributed by atoms with E-state index in [1.807, 2.05) is 19.0 Å². The first kappa shape index (κ1) is 22.8. The molecule has 1 fully saturated rings. The number of hydrogen-bond donors (Lipinski definition) is 2. The van der Waals surface area contributed by atoms with E-state index in [1.165, 1.54) is 10.8 Å². The molecule has 9 nitrogen and oxygen atoms in total. The summed E-state index contributed by atoms with van der Waals surface area (Å²) in [6, 6.07) is 6.53. The summed E-state index contributed by atoms with van der Waals surface area (Å²) in [4.78, 5) is 42.8. The van der Waals surface area contributed by atoms with Crippen molar-refractivity contribution in [3.63, 3.8) is 0 Å². The van der Waals surface area contributed by atoms with Crippen LogP contribution in [0.25, 0.3) is 0 Å². The zero-order chi connectivity index (χ0) is 22.5. The number of hydrogen-bond acceptors (Lipinski definition) is 6. The number of rotatable bonds is 6. The minimum atomic E-state index is -0.798. The normalized spacial score (nSPS) is 19.3. The molecule has 3 rings (SSSR count). The first-order valence-corrected chi connectivity index (χ1v) is 10.4. The van der Waals surface area contributed by atoms with Gasteiger partial charge >= 0.3 is 5.69 Å². The van der Waals surface area contributed by atoms with Crippen molar-refractivity contribution in [3.8, 4) is 5.75 Å². The lowest BCUT2D eigenvalue weighted by molar-refractivity contribution is 0.0751. The lowest BCUT2D eigenvalue weighted by Crippen LogP contribution is -2.37. The molecule has 0 spiro atoms. The molecular formula is C22H30N4O5. The lowest BCUT2D eigenvalue weighted by Gasteiger charge is -2.22. The van der Waals surface area contributed by atoms with Crippen molar-refractivity contribution in [2.45, 2.75) is 31.9 Å². The summed E-state index contributed by atoms with van der Waals surface area (Å²) < 4.78 is 7.04. The van der Waals surface area contributed by atoms with Gasteiger partial charge in [0.2, 0.25) is 0 Å². The molecular weight excluding hydrogens is 400 g/mol. The number of carbonyl (C=O) groups excluding carboxylic acids is 1. The van der Waals surface area contributed by atoms with E-state index in [2.05, 4.69) is 4.98 Å². The number of likely N-dealkylation sites (N-methyl/N-ethyl adjacent to an activating group) is 1. The van der Waals surface area contributed by atoms with Crippen molar-refractivity contribution in [1.29, 1.82) is 0 Å². The minimum absolute atomic E-state index is 0.127. The fraction of sp³-hybridized carbons (Fsp3) is 0.500. The van der Waals surface area contributed by atoms with Gasteiger partial charge in [-0.1, -0.05) is 0 Å². The van der Waals surface area contributed by atoms with E-state index in [-0.39, 0.29) is 5.91 Å². The third-order valence-corrected chi connectivity index (χ3v) is 5.53.